The van der Waals surface area contributed by atoms with Gasteiger partial charge in [0.25, 0.3) is 0 Å². The fourth-order valence-electron chi connectivity index (χ4n) is 11.1. The van der Waals surface area contributed by atoms with E-state index in [1.54, 1.807) is 0 Å². The summed E-state index contributed by atoms with van der Waals surface area (Å²) >= 11 is 0. The molecule has 446 valence electrons. The predicted molar refractivity (Wildman–Crippen MR) is 329 cm³/mol. The second-order valence-corrected chi connectivity index (χ2v) is 23.9. The number of ether oxygens (including phenoxy) is 1. The van der Waals surface area contributed by atoms with Gasteiger partial charge in [-0.25, -0.2) is 0 Å². The number of amides is 1. The molecule has 2 atom stereocenters. The minimum atomic E-state index is -0.667. The Labute approximate surface area is 469 Å². The molecule has 0 bridgehead atoms. The van der Waals surface area contributed by atoms with Crippen LogP contribution < -0.4 is 5.32 Å². The van der Waals surface area contributed by atoms with E-state index in [4.69, 9.17) is 4.74 Å². The summed E-state index contributed by atoms with van der Waals surface area (Å²) < 4.78 is 5.48. The van der Waals surface area contributed by atoms with Gasteiger partial charge in [-0.05, 0) is 51.4 Å². The van der Waals surface area contributed by atoms with Gasteiger partial charge in [0, 0.05) is 12.8 Å². The third kappa shape index (κ3) is 61.7. The molecule has 0 aromatic heterocycles. The third-order valence-electron chi connectivity index (χ3n) is 16.3. The van der Waals surface area contributed by atoms with Gasteiger partial charge in [0.2, 0.25) is 5.91 Å². The maximum atomic E-state index is 12.6. The van der Waals surface area contributed by atoms with Crippen LogP contribution in [0.3, 0.4) is 0 Å². The molecule has 0 aliphatic heterocycles. The highest BCUT2D eigenvalue weighted by Gasteiger charge is 2.20. The number of carbonyl (C=O) groups is 2. The molecule has 0 radical (unpaired) electrons. The fraction of sp³-hybridized carbons (Fsp3) is 0.942. The van der Waals surface area contributed by atoms with E-state index in [2.05, 4.69) is 31.3 Å². The van der Waals surface area contributed by atoms with E-state index < -0.39 is 12.1 Å². The number of esters is 1. The number of nitrogens with one attached hydrogen (secondary N) is 1. The molecule has 0 aliphatic carbocycles. The van der Waals surface area contributed by atoms with Gasteiger partial charge in [-0.3, -0.25) is 9.59 Å². The molecule has 0 heterocycles. The van der Waals surface area contributed by atoms with Crippen molar-refractivity contribution in [2.45, 2.75) is 405 Å². The molecule has 6 nitrogen and oxygen atoms in total. The third-order valence-corrected chi connectivity index (χ3v) is 16.3. The van der Waals surface area contributed by atoms with Crippen molar-refractivity contribution in [2.24, 2.45) is 0 Å². The van der Waals surface area contributed by atoms with Gasteiger partial charge in [-0.2, -0.15) is 0 Å². The van der Waals surface area contributed by atoms with Crippen LogP contribution in [-0.4, -0.2) is 47.4 Å². The number of rotatable bonds is 65. The Hall–Kier alpha value is -1.40. The number of unbranched alkanes of at least 4 members (excludes halogenated alkanes) is 52. The van der Waals surface area contributed by atoms with E-state index in [1.165, 1.54) is 315 Å². The van der Waals surface area contributed by atoms with Crippen LogP contribution in [0.25, 0.3) is 0 Å². The van der Waals surface area contributed by atoms with Crippen molar-refractivity contribution >= 4 is 11.9 Å². The van der Waals surface area contributed by atoms with Crippen LogP contribution in [0.1, 0.15) is 393 Å². The maximum Gasteiger partial charge on any atom is 0.305 e. The van der Waals surface area contributed by atoms with Gasteiger partial charge in [-0.1, -0.05) is 341 Å². The van der Waals surface area contributed by atoms with Gasteiger partial charge < -0.3 is 20.3 Å². The first-order valence-electron chi connectivity index (χ1n) is 34.4. The van der Waals surface area contributed by atoms with E-state index in [9.17, 15) is 19.8 Å². The zero-order chi connectivity index (χ0) is 54.3. The van der Waals surface area contributed by atoms with Crippen LogP contribution in [0.15, 0.2) is 12.2 Å². The van der Waals surface area contributed by atoms with Gasteiger partial charge in [0.1, 0.15) is 0 Å². The number of hydrogen-bond donors (Lipinski definition) is 3. The second-order valence-electron chi connectivity index (χ2n) is 23.9. The molecular formula is C69H135NO5. The first kappa shape index (κ1) is 73.6. The van der Waals surface area contributed by atoms with Crippen molar-refractivity contribution in [1.82, 2.24) is 5.32 Å². The van der Waals surface area contributed by atoms with Gasteiger partial charge in [0.15, 0.2) is 0 Å². The molecule has 0 saturated carbocycles. The van der Waals surface area contributed by atoms with Crippen LogP contribution >= 0.6 is 0 Å². The van der Waals surface area contributed by atoms with Crippen molar-refractivity contribution in [3.63, 3.8) is 0 Å². The van der Waals surface area contributed by atoms with Gasteiger partial charge in [-0.15, -0.1) is 0 Å². The largest absolute Gasteiger partial charge is 0.466 e. The highest BCUT2D eigenvalue weighted by atomic mass is 16.5. The number of hydrogen-bond acceptors (Lipinski definition) is 5. The van der Waals surface area contributed by atoms with E-state index in [0.717, 1.165) is 44.9 Å². The first-order valence-corrected chi connectivity index (χ1v) is 34.4. The van der Waals surface area contributed by atoms with Crippen molar-refractivity contribution < 1.29 is 24.5 Å². The first-order chi connectivity index (χ1) is 37.0. The Morgan fingerprint density at radius 3 is 0.947 bits per heavy atom. The molecule has 75 heavy (non-hydrogen) atoms. The zero-order valence-corrected chi connectivity index (χ0v) is 51.1. The quantitative estimate of drug-likeness (QED) is 0.0320. The summed E-state index contributed by atoms with van der Waals surface area (Å²) in [4.78, 5) is 24.6. The second kappa shape index (κ2) is 65.1. The monoisotopic (exact) mass is 1060 g/mol. The molecule has 0 aliphatic rings. The Bertz CT molecular complexity index is 1130. The highest BCUT2D eigenvalue weighted by molar-refractivity contribution is 5.76. The van der Waals surface area contributed by atoms with Crippen LogP contribution in [0, 0.1) is 0 Å². The standard InChI is InChI=1S/C69H135NO5/c1-3-5-7-9-11-13-15-17-19-20-21-22-23-24-25-28-31-34-37-41-45-49-53-57-61-67(72)66(65-71)70-68(73)62-58-54-50-46-42-38-35-32-29-26-27-30-33-36-40-44-48-52-56-60-64-75-69(74)63-59-55-51-47-43-39-18-16-14-12-10-8-6-4-2/h16,18,66-67,71-72H,3-15,17,19-65H2,1-2H3,(H,70,73)/b18-16-. The summed E-state index contributed by atoms with van der Waals surface area (Å²) in [6.07, 6.45) is 79.6. The summed E-state index contributed by atoms with van der Waals surface area (Å²) in [7, 11) is 0. The molecule has 0 fully saturated rings. The van der Waals surface area contributed by atoms with Crippen molar-refractivity contribution in [3.05, 3.63) is 12.2 Å². The van der Waals surface area contributed by atoms with Crippen molar-refractivity contribution in [2.75, 3.05) is 13.2 Å². The molecule has 0 rings (SSSR count). The topological polar surface area (TPSA) is 95.9 Å². The Morgan fingerprint density at radius 2 is 0.627 bits per heavy atom. The molecule has 0 saturated heterocycles. The van der Waals surface area contributed by atoms with E-state index in [-0.39, 0.29) is 18.5 Å². The van der Waals surface area contributed by atoms with Crippen LogP contribution in [0.2, 0.25) is 0 Å². The number of allylic oxidation sites excluding steroid dienone is 2. The minimum Gasteiger partial charge on any atom is -0.466 e. The smallest absolute Gasteiger partial charge is 0.305 e. The summed E-state index contributed by atoms with van der Waals surface area (Å²) in [5.74, 6) is -0.0285. The Kier molecular flexibility index (Phi) is 63.9. The maximum absolute atomic E-state index is 12.6. The SMILES string of the molecule is CCCCCCC/C=C\CCCCCCCC(=O)OCCCCCCCCCCCCCCCCCCCCCCC(=O)NC(CO)C(O)CCCCCCCCCCCCCCCCCCCCCCCCCC. The molecule has 0 aromatic carbocycles. The predicted octanol–water partition coefficient (Wildman–Crippen LogP) is 22.0. The van der Waals surface area contributed by atoms with Crippen LogP contribution in [0.5, 0.6) is 0 Å². The van der Waals surface area contributed by atoms with Crippen molar-refractivity contribution in [1.29, 1.82) is 0 Å². The Morgan fingerprint density at radius 1 is 0.360 bits per heavy atom. The van der Waals surface area contributed by atoms with Gasteiger partial charge >= 0.3 is 5.97 Å². The molecule has 0 aromatic rings. The normalized spacial score (nSPS) is 12.5. The fourth-order valence-corrected chi connectivity index (χ4v) is 11.1. The Balaban J connectivity index is 3.39. The lowest BCUT2D eigenvalue weighted by Gasteiger charge is -2.22. The summed E-state index contributed by atoms with van der Waals surface area (Å²) in [6.45, 7) is 4.98. The van der Waals surface area contributed by atoms with E-state index in [1.807, 2.05) is 0 Å². The molecule has 3 N–H and O–H groups in total. The average Bonchev–Trinajstić information content (AvgIpc) is 3.41. The summed E-state index contributed by atoms with van der Waals surface area (Å²) in [5.41, 5.74) is 0. The molecule has 6 heteroatoms. The van der Waals surface area contributed by atoms with E-state index in [0.29, 0.717) is 25.9 Å². The lowest BCUT2D eigenvalue weighted by atomic mass is 10.0. The summed E-state index contributed by atoms with van der Waals surface area (Å²) in [5, 5.41) is 23.4. The summed E-state index contributed by atoms with van der Waals surface area (Å²) in [6, 6.07) is -0.544. The van der Waals surface area contributed by atoms with E-state index >= 15 is 0 Å². The number of carbonyl (C=O) groups excluding carboxylic acids is 2. The van der Waals surface area contributed by atoms with Crippen LogP contribution in [-0.2, 0) is 14.3 Å². The highest BCUT2D eigenvalue weighted by Crippen LogP contribution is 2.19. The lowest BCUT2D eigenvalue weighted by Crippen LogP contribution is -2.45. The number of aliphatic hydroxyl groups excluding tert-OH is 2. The average molecular weight is 1060 g/mol. The lowest BCUT2D eigenvalue weighted by molar-refractivity contribution is -0.143. The van der Waals surface area contributed by atoms with Gasteiger partial charge in [0.05, 0.1) is 25.4 Å². The molecular weight excluding hydrogens is 923 g/mol. The molecule has 1 amide bonds. The van der Waals surface area contributed by atoms with Crippen molar-refractivity contribution in [3.8, 4) is 0 Å². The minimum absolute atomic E-state index is 0.00337. The molecule has 0 spiro atoms. The molecule has 2 unspecified atom stereocenters. The zero-order valence-electron chi connectivity index (χ0n) is 51.1. The number of aliphatic hydroxyl groups is 2. The van der Waals surface area contributed by atoms with Crippen LogP contribution in [0.4, 0.5) is 0 Å².